The van der Waals surface area contributed by atoms with Crippen molar-refractivity contribution >= 4 is 33.6 Å². The van der Waals surface area contributed by atoms with Crippen LogP contribution in [0.25, 0.3) is 6.08 Å². The number of methoxy groups -OCH3 is 2. The van der Waals surface area contributed by atoms with Crippen LogP contribution in [0.1, 0.15) is 5.56 Å². The number of alkyl halides is 1. The van der Waals surface area contributed by atoms with Gasteiger partial charge in [0.05, 0.1) is 14.2 Å². The van der Waals surface area contributed by atoms with Crippen LogP contribution in [0.2, 0.25) is 0 Å². The molecule has 0 unspecified atom stereocenters. The van der Waals surface area contributed by atoms with Gasteiger partial charge in [-0.15, -0.1) is 11.6 Å². The van der Waals surface area contributed by atoms with Crippen LogP contribution in [-0.2, 0) is 0 Å². The quantitative estimate of drug-likeness (QED) is 0.787. The van der Waals surface area contributed by atoms with Crippen molar-refractivity contribution in [3.05, 3.63) is 28.2 Å². The summed E-state index contributed by atoms with van der Waals surface area (Å²) in [5.74, 6) is 1.97. The van der Waals surface area contributed by atoms with Crippen LogP contribution in [0.3, 0.4) is 0 Å². The molecule has 0 aliphatic heterocycles. The van der Waals surface area contributed by atoms with Gasteiger partial charge < -0.3 is 9.47 Å². The molecule has 2 nitrogen and oxygen atoms in total. The lowest BCUT2D eigenvalue weighted by Gasteiger charge is -2.09. The number of allylic oxidation sites excluding steroid dienone is 1. The van der Waals surface area contributed by atoms with Crippen molar-refractivity contribution in [3.8, 4) is 11.5 Å². The maximum Gasteiger partial charge on any atom is 0.137 e. The molecule has 0 heterocycles. The van der Waals surface area contributed by atoms with Crippen LogP contribution in [0.5, 0.6) is 11.5 Å². The lowest BCUT2D eigenvalue weighted by atomic mass is 10.2. The standard InChI is InChI=1S/C11H12BrClO2/c1-14-9-6-8(4-3-5-13)7-10(15-2)11(9)12/h3-4,6-7H,5H2,1-2H3. The number of ether oxygens (including phenoxy) is 2. The van der Waals surface area contributed by atoms with Gasteiger partial charge in [-0.25, -0.2) is 0 Å². The van der Waals surface area contributed by atoms with Crippen molar-refractivity contribution in [2.24, 2.45) is 0 Å². The van der Waals surface area contributed by atoms with Gasteiger partial charge in [-0.2, -0.15) is 0 Å². The third-order valence-electron chi connectivity index (χ3n) is 1.87. The molecule has 0 atom stereocenters. The molecule has 0 saturated carbocycles. The molecule has 4 heteroatoms. The molecule has 82 valence electrons. The fourth-order valence-corrected chi connectivity index (χ4v) is 1.81. The minimum atomic E-state index is 0.487. The highest BCUT2D eigenvalue weighted by atomic mass is 79.9. The monoisotopic (exact) mass is 290 g/mol. The van der Waals surface area contributed by atoms with Crippen LogP contribution >= 0.6 is 27.5 Å². The lowest BCUT2D eigenvalue weighted by molar-refractivity contribution is 0.389. The van der Waals surface area contributed by atoms with E-state index in [1.54, 1.807) is 14.2 Å². The maximum atomic E-state index is 5.57. The van der Waals surface area contributed by atoms with E-state index in [9.17, 15) is 0 Å². The molecular formula is C11H12BrClO2. The Morgan fingerprint density at radius 2 is 1.80 bits per heavy atom. The molecular weight excluding hydrogens is 279 g/mol. The Morgan fingerprint density at radius 3 is 2.20 bits per heavy atom. The predicted molar refractivity (Wildman–Crippen MR) is 67.0 cm³/mol. The number of halogens is 2. The van der Waals surface area contributed by atoms with E-state index in [0.717, 1.165) is 21.5 Å². The number of hydrogen-bond donors (Lipinski definition) is 0. The number of hydrogen-bond acceptors (Lipinski definition) is 2. The molecule has 0 bridgehead atoms. The smallest absolute Gasteiger partial charge is 0.137 e. The Balaban J connectivity index is 3.14. The third-order valence-corrected chi connectivity index (χ3v) is 2.83. The van der Waals surface area contributed by atoms with Gasteiger partial charge >= 0.3 is 0 Å². The molecule has 0 aliphatic rings. The molecule has 0 radical (unpaired) electrons. The van der Waals surface area contributed by atoms with E-state index in [4.69, 9.17) is 21.1 Å². The van der Waals surface area contributed by atoms with Crippen molar-refractivity contribution < 1.29 is 9.47 Å². The summed E-state index contributed by atoms with van der Waals surface area (Å²) >= 11 is 8.98. The summed E-state index contributed by atoms with van der Waals surface area (Å²) < 4.78 is 11.2. The Labute approximate surface area is 103 Å². The van der Waals surface area contributed by atoms with E-state index in [2.05, 4.69) is 15.9 Å². The summed E-state index contributed by atoms with van der Waals surface area (Å²) in [5, 5.41) is 0. The van der Waals surface area contributed by atoms with Crippen molar-refractivity contribution in [2.45, 2.75) is 0 Å². The summed E-state index contributed by atoms with van der Waals surface area (Å²) in [6.45, 7) is 0. The molecule has 15 heavy (non-hydrogen) atoms. The summed E-state index contributed by atoms with van der Waals surface area (Å²) in [6.07, 6.45) is 3.79. The van der Waals surface area contributed by atoms with Crippen LogP contribution < -0.4 is 9.47 Å². The maximum absolute atomic E-state index is 5.57. The van der Waals surface area contributed by atoms with E-state index >= 15 is 0 Å². The first-order valence-corrected chi connectivity index (χ1v) is 5.69. The van der Waals surface area contributed by atoms with Crippen LogP contribution in [0, 0.1) is 0 Å². The van der Waals surface area contributed by atoms with Gasteiger partial charge in [-0.3, -0.25) is 0 Å². The van der Waals surface area contributed by atoms with Crippen molar-refractivity contribution in [2.75, 3.05) is 20.1 Å². The highest BCUT2D eigenvalue weighted by molar-refractivity contribution is 9.10. The largest absolute Gasteiger partial charge is 0.495 e. The normalized spacial score (nSPS) is 10.7. The van der Waals surface area contributed by atoms with Gasteiger partial charge in [0.1, 0.15) is 16.0 Å². The second-order valence-electron chi connectivity index (χ2n) is 2.80. The summed E-state index contributed by atoms with van der Waals surface area (Å²) in [4.78, 5) is 0. The topological polar surface area (TPSA) is 18.5 Å². The fourth-order valence-electron chi connectivity index (χ4n) is 1.17. The van der Waals surface area contributed by atoms with Crippen LogP contribution in [-0.4, -0.2) is 20.1 Å². The zero-order chi connectivity index (χ0) is 11.3. The van der Waals surface area contributed by atoms with Gasteiger partial charge in [0.25, 0.3) is 0 Å². The summed E-state index contributed by atoms with van der Waals surface area (Å²) in [5.41, 5.74) is 0.993. The van der Waals surface area contributed by atoms with Crippen molar-refractivity contribution in [1.29, 1.82) is 0 Å². The summed E-state index contributed by atoms with van der Waals surface area (Å²) in [7, 11) is 3.24. The van der Waals surface area contributed by atoms with E-state index in [1.165, 1.54) is 0 Å². The molecule has 0 spiro atoms. The van der Waals surface area contributed by atoms with E-state index < -0.39 is 0 Å². The lowest BCUT2D eigenvalue weighted by Crippen LogP contribution is -1.91. The third kappa shape index (κ3) is 3.14. The first kappa shape index (κ1) is 12.4. The van der Waals surface area contributed by atoms with Gasteiger partial charge in [0.15, 0.2) is 0 Å². The van der Waals surface area contributed by atoms with Gasteiger partial charge in [0.2, 0.25) is 0 Å². The first-order chi connectivity index (χ1) is 7.22. The molecule has 0 saturated heterocycles. The molecule has 0 N–H and O–H groups in total. The highest BCUT2D eigenvalue weighted by Gasteiger charge is 2.08. The number of benzene rings is 1. The number of rotatable bonds is 4. The minimum Gasteiger partial charge on any atom is -0.495 e. The van der Waals surface area contributed by atoms with E-state index in [-0.39, 0.29) is 0 Å². The molecule has 0 aromatic heterocycles. The first-order valence-electron chi connectivity index (χ1n) is 4.37. The Kier molecular flexibility index (Phi) is 4.99. The van der Waals surface area contributed by atoms with Crippen LogP contribution in [0.4, 0.5) is 0 Å². The second-order valence-corrected chi connectivity index (χ2v) is 3.90. The predicted octanol–water partition coefficient (Wildman–Crippen LogP) is 3.72. The van der Waals surface area contributed by atoms with E-state index in [1.807, 2.05) is 24.3 Å². The Hall–Kier alpha value is -0.670. The van der Waals surface area contributed by atoms with Crippen molar-refractivity contribution in [1.82, 2.24) is 0 Å². The molecule has 0 aliphatic carbocycles. The van der Waals surface area contributed by atoms with E-state index in [0.29, 0.717) is 5.88 Å². The highest BCUT2D eigenvalue weighted by Crippen LogP contribution is 2.35. The average Bonchev–Trinajstić information content (AvgIpc) is 2.27. The SMILES string of the molecule is COc1cc(C=CCCl)cc(OC)c1Br. The zero-order valence-corrected chi connectivity index (χ0v) is 10.9. The molecule has 1 aromatic rings. The van der Waals surface area contributed by atoms with Crippen molar-refractivity contribution in [3.63, 3.8) is 0 Å². The molecule has 0 fully saturated rings. The summed E-state index contributed by atoms with van der Waals surface area (Å²) in [6, 6.07) is 3.82. The Bertz CT molecular complexity index is 339. The second kappa shape index (κ2) is 6.03. The van der Waals surface area contributed by atoms with Gasteiger partial charge in [0, 0.05) is 5.88 Å². The van der Waals surface area contributed by atoms with Gasteiger partial charge in [-0.05, 0) is 33.6 Å². The minimum absolute atomic E-state index is 0.487. The Morgan fingerprint density at radius 1 is 1.27 bits per heavy atom. The zero-order valence-electron chi connectivity index (χ0n) is 8.59. The fraction of sp³-hybridized carbons (Fsp3) is 0.273. The molecule has 0 amide bonds. The average molecular weight is 292 g/mol. The van der Waals surface area contributed by atoms with Crippen LogP contribution in [0.15, 0.2) is 22.7 Å². The van der Waals surface area contributed by atoms with Gasteiger partial charge in [-0.1, -0.05) is 12.2 Å². The molecule has 1 aromatic carbocycles. The molecule has 1 rings (SSSR count).